The second-order valence-electron chi connectivity index (χ2n) is 5.98. The average Bonchev–Trinajstić information content (AvgIpc) is 2.60. The molecule has 0 saturated carbocycles. The molecule has 0 atom stereocenters. The largest absolute Gasteiger partial charge is 0.495 e. The fourth-order valence-electron chi connectivity index (χ4n) is 2.17. The third kappa shape index (κ3) is 5.22. The predicted octanol–water partition coefficient (Wildman–Crippen LogP) is 3.99. The van der Waals surface area contributed by atoms with Crippen LogP contribution in [0.25, 0.3) is 0 Å². The van der Waals surface area contributed by atoms with Crippen molar-refractivity contribution in [3.63, 3.8) is 0 Å². The standard InChI is InChI=1S/C19H21ClN2O3/c1-12(2)11-21-18(23)13-5-4-6-14(9-13)19(24)22-16-10-15(20)7-8-17(16)25-3/h4-10,12H,11H2,1-3H3,(H,21,23)(H,22,24). The van der Waals surface area contributed by atoms with Crippen molar-refractivity contribution >= 4 is 29.1 Å². The number of carbonyl (C=O) groups is 2. The van der Waals surface area contributed by atoms with Gasteiger partial charge in [0.05, 0.1) is 12.8 Å². The van der Waals surface area contributed by atoms with E-state index in [0.717, 1.165) is 0 Å². The fraction of sp³-hybridized carbons (Fsp3) is 0.263. The Hall–Kier alpha value is -2.53. The van der Waals surface area contributed by atoms with Gasteiger partial charge in [-0.3, -0.25) is 9.59 Å². The zero-order chi connectivity index (χ0) is 18.4. The van der Waals surface area contributed by atoms with Crippen molar-refractivity contribution in [2.75, 3.05) is 19.0 Å². The van der Waals surface area contributed by atoms with Gasteiger partial charge < -0.3 is 15.4 Å². The SMILES string of the molecule is COc1ccc(Cl)cc1NC(=O)c1cccc(C(=O)NCC(C)C)c1. The van der Waals surface area contributed by atoms with Crippen LogP contribution in [-0.2, 0) is 0 Å². The Labute approximate surface area is 152 Å². The molecule has 2 aromatic rings. The van der Waals surface area contributed by atoms with Crippen molar-refractivity contribution in [1.29, 1.82) is 0 Å². The Balaban J connectivity index is 2.16. The van der Waals surface area contributed by atoms with E-state index in [1.54, 1.807) is 42.5 Å². The van der Waals surface area contributed by atoms with Crippen molar-refractivity contribution in [3.8, 4) is 5.75 Å². The van der Waals surface area contributed by atoms with E-state index in [4.69, 9.17) is 16.3 Å². The highest BCUT2D eigenvalue weighted by Gasteiger charge is 2.13. The van der Waals surface area contributed by atoms with Crippen LogP contribution in [0, 0.1) is 5.92 Å². The van der Waals surface area contributed by atoms with Gasteiger partial charge in [0.1, 0.15) is 5.75 Å². The van der Waals surface area contributed by atoms with E-state index in [-0.39, 0.29) is 11.8 Å². The first-order valence-electron chi connectivity index (χ1n) is 7.94. The molecule has 2 aromatic carbocycles. The van der Waals surface area contributed by atoms with Gasteiger partial charge in [-0.1, -0.05) is 31.5 Å². The van der Waals surface area contributed by atoms with Gasteiger partial charge in [-0.2, -0.15) is 0 Å². The number of nitrogens with one attached hydrogen (secondary N) is 2. The van der Waals surface area contributed by atoms with Crippen LogP contribution < -0.4 is 15.4 Å². The van der Waals surface area contributed by atoms with E-state index in [2.05, 4.69) is 10.6 Å². The maximum absolute atomic E-state index is 12.5. The molecule has 0 aliphatic carbocycles. The molecule has 6 heteroatoms. The predicted molar refractivity (Wildman–Crippen MR) is 99.6 cm³/mol. The summed E-state index contributed by atoms with van der Waals surface area (Å²) in [7, 11) is 1.51. The zero-order valence-corrected chi connectivity index (χ0v) is 15.2. The number of anilines is 1. The monoisotopic (exact) mass is 360 g/mol. The number of rotatable bonds is 6. The van der Waals surface area contributed by atoms with Gasteiger partial charge in [0.25, 0.3) is 11.8 Å². The molecule has 0 unspecified atom stereocenters. The Morgan fingerprint density at radius 3 is 2.40 bits per heavy atom. The van der Waals surface area contributed by atoms with Gasteiger partial charge in [0.15, 0.2) is 0 Å². The lowest BCUT2D eigenvalue weighted by Gasteiger charge is -2.11. The van der Waals surface area contributed by atoms with E-state index >= 15 is 0 Å². The molecule has 0 aromatic heterocycles. The van der Waals surface area contributed by atoms with E-state index in [1.807, 2.05) is 13.8 Å². The van der Waals surface area contributed by atoms with Crippen molar-refractivity contribution in [3.05, 3.63) is 58.6 Å². The first kappa shape index (κ1) is 18.8. The van der Waals surface area contributed by atoms with Crippen molar-refractivity contribution < 1.29 is 14.3 Å². The van der Waals surface area contributed by atoms with Gasteiger partial charge in [-0.05, 0) is 42.3 Å². The smallest absolute Gasteiger partial charge is 0.255 e. The molecule has 0 spiro atoms. The third-order valence-corrected chi connectivity index (χ3v) is 3.70. The molecule has 0 saturated heterocycles. The highest BCUT2D eigenvalue weighted by atomic mass is 35.5. The number of carbonyl (C=O) groups excluding carboxylic acids is 2. The van der Waals surface area contributed by atoms with Crippen molar-refractivity contribution in [1.82, 2.24) is 5.32 Å². The number of hydrogen-bond acceptors (Lipinski definition) is 3. The molecule has 2 amide bonds. The molecule has 0 radical (unpaired) electrons. The molecule has 25 heavy (non-hydrogen) atoms. The molecule has 0 heterocycles. The minimum Gasteiger partial charge on any atom is -0.495 e. The highest BCUT2D eigenvalue weighted by Crippen LogP contribution is 2.28. The van der Waals surface area contributed by atoms with E-state index in [0.29, 0.717) is 40.0 Å². The summed E-state index contributed by atoms with van der Waals surface area (Å²) in [4.78, 5) is 24.6. The topological polar surface area (TPSA) is 67.4 Å². The molecule has 0 aliphatic heterocycles. The van der Waals surface area contributed by atoms with Crippen LogP contribution in [0.2, 0.25) is 5.02 Å². The second-order valence-corrected chi connectivity index (χ2v) is 6.42. The number of methoxy groups -OCH3 is 1. The molecule has 0 aliphatic rings. The average molecular weight is 361 g/mol. The number of benzene rings is 2. The number of amides is 2. The molecule has 2 rings (SSSR count). The third-order valence-electron chi connectivity index (χ3n) is 3.47. The Morgan fingerprint density at radius 2 is 1.76 bits per heavy atom. The van der Waals surface area contributed by atoms with Gasteiger partial charge in [-0.15, -0.1) is 0 Å². The maximum atomic E-state index is 12.5. The lowest BCUT2D eigenvalue weighted by molar-refractivity contribution is 0.0949. The summed E-state index contributed by atoms with van der Waals surface area (Å²) in [5.74, 6) is 0.303. The van der Waals surface area contributed by atoms with Crippen LogP contribution in [0.5, 0.6) is 5.75 Å². The van der Waals surface area contributed by atoms with Crippen molar-refractivity contribution in [2.45, 2.75) is 13.8 Å². The molecular formula is C19H21ClN2O3. The van der Waals surface area contributed by atoms with Gasteiger partial charge in [0.2, 0.25) is 0 Å². The van der Waals surface area contributed by atoms with E-state index < -0.39 is 0 Å². The van der Waals surface area contributed by atoms with E-state index in [1.165, 1.54) is 7.11 Å². The van der Waals surface area contributed by atoms with Crippen molar-refractivity contribution in [2.24, 2.45) is 5.92 Å². The molecule has 0 fully saturated rings. The summed E-state index contributed by atoms with van der Waals surface area (Å²) in [6.45, 7) is 4.61. The number of hydrogen-bond donors (Lipinski definition) is 2. The Bertz CT molecular complexity index is 775. The van der Waals surface area contributed by atoms with Crippen LogP contribution in [0.15, 0.2) is 42.5 Å². The summed E-state index contributed by atoms with van der Waals surface area (Å²) in [5, 5.41) is 6.07. The van der Waals surface area contributed by atoms with Gasteiger partial charge in [0, 0.05) is 22.7 Å². The van der Waals surface area contributed by atoms with Crippen LogP contribution in [0.4, 0.5) is 5.69 Å². The van der Waals surface area contributed by atoms with Crippen LogP contribution in [-0.4, -0.2) is 25.5 Å². The molecule has 132 valence electrons. The first-order valence-corrected chi connectivity index (χ1v) is 8.31. The zero-order valence-electron chi connectivity index (χ0n) is 14.4. The second kappa shape index (κ2) is 8.53. The lowest BCUT2D eigenvalue weighted by Crippen LogP contribution is -2.27. The van der Waals surface area contributed by atoms with Crippen LogP contribution >= 0.6 is 11.6 Å². The summed E-state index contributed by atoms with van der Waals surface area (Å²) in [5.41, 5.74) is 1.28. The molecule has 5 nitrogen and oxygen atoms in total. The maximum Gasteiger partial charge on any atom is 0.255 e. The first-order chi connectivity index (χ1) is 11.9. The number of halogens is 1. The molecule has 0 bridgehead atoms. The minimum atomic E-state index is -0.348. The summed E-state index contributed by atoms with van der Waals surface area (Å²) < 4.78 is 5.22. The minimum absolute atomic E-state index is 0.205. The Kier molecular flexibility index (Phi) is 6.42. The molecular weight excluding hydrogens is 340 g/mol. The quantitative estimate of drug-likeness (QED) is 0.818. The highest BCUT2D eigenvalue weighted by molar-refractivity contribution is 6.31. The summed E-state index contributed by atoms with van der Waals surface area (Å²) in [6, 6.07) is 11.5. The van der Waals surface area contributed by atoms with Crippen LogP contribution in [0.1, 0.15) is 34.6 Å². The summed E-state index contributed by atoms with van der Waals surface area (Å²) in [6.07, 6.45) is 0. The van der Waals surface area contributed by atoms with Gasteiger partial charge in [-0.25, -0.2) is 0 Å². The lowest BCUT2D eigenvalue weighted by atomic mass is 10.1. The van der Waals surface area contributed by atoms with Crippen LogP contribution in [0.3, 0.4) is 0 Å². The fourth-order valence-corrected chi connectivity index (χ4v) is 2.35. The van der Waals surface area contributed by atoms with E-state index in [9.17, 15) is 9.59 Å². The normalized spacial score (nSPS) is 10.4. The summed E-state index contributed by atoms with van der Waals surface area (Å²) >= 11 is 5.97. The Morgan fingerprint density at radius 1 is 1.08 bits per heavy atom. The number of ether oxygens (including phenoxy) is 1. The van der Waals surface area contributed by atoms with Gasteiger partial charge >= 0.3 is 0 Å². The molecule has 2 N–H and O–H groups in total.